The van der Waals surface area contributed by atoms with Gasteiger partial charge in [-0.05, 0) is 42.9 Å². The van der Waals surface area contributed by atoms with E-state index in [1.807, 2.05) is 0 Å². The van der Waals surface area contributed by atoms with Crippen molar-refractivity contribution in [3.63, 3.8) is 0 Å². The van der Waals surface area contributed by atoms with Crippen molar-refractivity contribution in [2.45, 2.75) is 13.8 Å². The van der Waals surface area contributed by atoms with E-state index in [2.05, 4.69) is 89.9 Å². The van der Waals surface area contributed by atoms with Crippen molar-refractivity contribution in [1.82, 2.24) is 0 Å². The molecule has 0 radical (unpaired) electrons. The van der Waals surface area contributed by atoms with Crippen LogP contribution in [-0.4, -0.2) is 20.1 Å². The lowest BCUT2D eigenvalue weighted by Gasteiger charge is -2.31. The molecule has 0 amide bonds. The molecule has 3 aromatic carbocycles. The third kappa shape index (κ3) is 2.39. The van der Waals surface area contributed by atoms with Crippen LogP contribution < -0.4 is 20.8 Å². The highest BCUT2D eigenvalue weighted by atomic mass is 15.1. The highest BCUT2D eigenvalue weighted by molar-refractivity contribution is 6.81. The lowest BCUT2D eigenvalue weighted by atomic mass is 9.65. The molecule has 0 saturated carbocycles. The summed E-state index contributed by atoms with van der Waals surface area (Å²) in [6.45, 7) is 6.50. The summed E-state index contributed by atoms with van der Waals surface area (Å²) in [6, 6.07) is 21.6. The molecule has 1 aliphatic rings. The summed E-state index contributed by atoms with van der Waals surface area (Å²) >= 11 is 0. The van der Waals surface area contributed by atoms with Gasteiger partial charge in [-0.2, -0.15) is 0 Å². The van der Waals surface area contributed by atoms with Crippen LogP contribution in [0.15, 0.2) is 60.7 Å². The van der Waals surface area contributed by atoms with Gasteiger partial charge in [-0.25, -0.2) is 0 Å². The second-order valence-corrected chi connectivity index (χ2v) is 6.16. The first-order chi connectivity index (χ1) is 11.8. The van der Waals surface area contributed by atoms with Crippen molar-refractivity contribution in [3.05, 3.63) is 60.7 Å². The second kappa shape index (κ2) is 6.12. The molecule has 120 valence electrons. The van der Waals surface area contributed by atoms with Crippen molar-refractivity contribution < 1.29 is 0 Å². The second-order valence-electron chi connectivity index (χ2n) is 6.16. The van der Waals surface area contributed by atoms with Crippen LogP contribution in [0.4, 0.5) is 17.1 Å². The Hall–Kier alpha value is -2.62. The van der Waals surface area contributed by atoms with Gasteiger partial charge in [-0.15, -0.1) is 0 Å². The summed E-state index contributed by atoms with van der Waals surface area (Å²) < 4.78 is 0. The molecule has 0 saturated heterocycles. The Labute approximate surface area is 143 Å². The molecule has 0 spiro atoms. The van der Waals surface area contributed by atoms with Crippen LogP contribution in [0.5, 0.6) is 0 Å². The van der Waals surface area contributed by atoms with E-state index >= 15 is 0 Å². The molecule has 0 unspecified atom stereocenters. The van der Waals surface area contributed by atoms with Crippen molar-refractivity contribution in [1.29, 1.82) is 0 Å². The molecule has 1 aliphatic heterocycles. The Morgan fingerprint density at radius 2 is 1.42 bits per heavy atom. The molecular weight excluding hydrogens is 293 g/mol. The lowest BCUT2D eigenvalue weighted by molar-refractivity contribution is 0.869. The fourth-order valence-electron chi connectivity index (χ4n) is 3.67. The van der Waals surface area contributed by atoms with E-state index in [0.717, 1.165) is 13.1 Å². The van der Waals surface area contributed by atoms with Gasteiger partial charge in [0.1, 0.15) is 0 Å². The maximum Gasteiger partial charge on any atom is 0.408 e. The summed E-state index contributed by atoms with van der Waals surface area (Å²) in [5.41, 5.74) is 4.97. The van der Waals surface area contributed by atoms with E-state index in [0.29, 0.717) is 0 Å². The van der Waals surface area contributed by atoms with Crippen LogP contribution in [0.3, 0.4) is 0 Å². The van der Waals surface area contributed by atoms with Gasteiger partial charge < -0.3 is 15.4 Å². The molecule has 0 aromatic heterocycles. The average molecular weight is 315 g/mol. The highest BCUT2D eigenvalue weighted by Crippen LogP contribution is 2.34. The number of rotatable bonds is 4. The monoisotopic (exact) mass is 315 g/mol. The van der Waals surface area contributed by atoms with Gasteiger partial charge in [0.25, 0.3) is 0 Å². The minimum Gasteiger partial charge on any atom is -0.405 e. The summed E-state index contributed by atoms with van der Waals surface area (Å²) in [4.78, 5) is 2.40. The predicted molar refractivity (Wildman–Crippen MR) is 107 cm³/mol. The molecule has 4 rings (SSSR count). The topological polar surface area (TPSA) is 27.3 Å². The number of para-hydroxylation sites is 1. The quantitative estimate of drug-likeness (QED) is 0.715. The van der Waals surface area contributed by atoms with Gasteiger partial charge in [0, 0.05) is 35.5 Å². The normalized spacial score (nSPS) is 12.7. The first-order valence-corrected chi connectivity index (χ1v) is 8.70. The number of benzene rings is 3. The molecule has 0 fully saturated rings. The predicted octanol–water partition coefficient (Wildman–Crippen LogP) is 3.92. The minimum absolute atomic E-state index is 0.0716. The van der Waals surface area contributed by atoms with Gasteiger partial charge in [-0.3, -0.25) is 0 Å². The maximum absolute atomic E-state index is 3.68. The lowest BCUT2D eigenvalue weighted by Crippen LogP contribution is -2.50. The number of nitrogens with zero attached hydrogens (tertiary/aromatic N) is 1. The van der Waals surface area contributed by atoms with Crippen LogP contribution in [0.2, 0.25) is 0 Å². The molecule has 4 heteroatoms. The van der Waals surface area contributed by atoms with E-state index in [-0.39, 0.29) is 6.98 Å². The largest absolute Gasteiger partial charge is 0.408 e. The molecule has 1 heterocycles. The molecule has 24 heavy (non-hydrogen) atoms. The molecule has 0 aliphatic carbocycles. The molecule has 0 atom stereocenters. The summed E-state index contributed by atoms with van der Waals surface area (Å²) in [7, 11) is 0. The van der Waals surface area contributed by atoms with Gasteiger partial charge in [0.15, 0.2) is 0 Å². The van der Waals surface area contributed by atoms with Crippen LogP contribution in [-0.2, 0) is 0 Å². The zero-order valence-corrected chi connectivity index (χ0v) is 14.2. The van der Waals surface area contributed by atoms with Crippen LogP contribution in [0.25, 0.3) is 10.8 Å². The average Bonchev–Trinajstić information content (AvgIpc) is 2.63. The molecule has 2 N–H and O–H groups in total. The molecule has 3 aromatic rings. The third-order valence-electron chi connectivity index (χ3n) is 4.86. The van der Waals surface area contributed by atoms with Gasteiger partial charge in [-0.1, -0.05) is 42.5 Å². The Kier molecular flexibility index (Phi) is 3.81. The third-order valence-corrected chi connectivity index (χ3v) is 4.86. The Morgan fingerprint density at radius 3 is 2.04 bits per heavy atom. The zero-order valence-electron chi connectivity index (χ0n) is 14.2. The van der Waals surface area contributed by atoms with Crippen molar-refractivity contribution in [3.8, 4) is 0 Å². The summed E-state index contributed by atoms with van der Waals surface area (Å²) in [6.07, 6.45) is 0. The SMILES string of the molecule is CCN(CC)c1ccccc1B1Nc2cccc3cccc(c23)N1. The van der Waals surface area contributed by atoms with E-state index < -0.39 is 0 Å². The van der Waals surface area contributed by atoms with E-state index in [1.165, 1.54) is 33.3 Å². The van der Waals surface area contributed by atoms with Crippen LogP contribution in [0, 0.1) is 0 Å². The Bertz CT molecular complexity index is 833. The molecule has 0 bridgehead atoms. The van der Waals surface area contributed by atoms with E-state index in [4.69, 9.17) is 0 Å². The van der Waals surface area contributed by atoms with Crippen molar-refractivity contribution in [2.75, 3.05) is 28.4 Å². The summed E-state index contributed by atoms with van der Waals surface area (Å²) in [5.74, 6) is 0. The van der Waals surface area contributed by atoms with Crippen LogP contribution in [0.1, 0.15) is 13.8 Å². The van der Waals surface area contributed by atoms with Crippen LogP contribution >= 0.6 is 0 Å². The number of hydrogen-bond donors (Lipinski definition) is 2. The van der Waals surface area contributed by atoms with Crippen molar-refractivity contribution in [2.24, 2.45) is 0 Å². The van der Waals surface area contributed by atoms with E-state index in [1.54, 1.807) is 0 Å². The first kappa shape index (κ1) is 14.9. The number of nitrogens with one attached hydrogen (secondary N) is 2. The van der Waals surface area contributed by atoms with Crippen molar-refractivity contribution >= 4 is 40.3 Å². The van der Waals surface area contributed by atoms with Gasteiger partial charge >= 0.3 is 6.98 Å². The first-order valence-electron chi connectivity index (χ1n) is 8.70. The smallest absolute Gasteiger partial charge is 0.405 e. The maximum atomic E-state index is 3.68. The number of anilines is 3. The standard InChI is InChI=1S/C20H22BN3/c1-3-24(4-2)19-14-6-5-11-16(19)21-22-17-12-7-9-15-10-8-13-18(23-21)20(15)17/h5-14,22-23H,3-4H2,1-2H3. The van der Waals surface area contributed by atoms with E-state index in [9.17, 15) is 0 Å². The fraction of sp³-hybridized carbons (Fsp3) is 0.200. The highest BCUT2D eigenvalue weighted by Gasteiger charge is 2.28. The van der Waals surface area contributed by atoms with Gasteiger partial charge in [0.2, 0.25) is 0 Å². The zero-order chi connectivity index (χ0) is 16.5. The minimum atomic E-state index is 0.0716. The Balaban J connectivity index is 1.78. The fourth-order valence-corrected chi connectivity index (χ4v) is 3.67. The molecular formula is C20H22BN3. The number of hydrogen-bond acceptors (Lipinski definition) is 3. The Morgan fingerprint density at radius 1 is 0.792 bits per heavy atom. The summed E-state index contributed by atoms with van der Waals surface area (Å²) in [5, 5.41) is 9.91. The molecule has 3 nitrogen and oxygen atoms in total. The van der Waals surface area contributed by atoms with Gasteiger partial charge in [0.05, 0.1) is 0 Å².